The van der Waals surface area contributed by atoms with E-state index in [9.17, 15) is 13.2 Å². The van der Waals surface area contributed by atoms with Crippen LogP contribution in [0.1, 0.15) is 51.1 Å². The summed E-state index contributed by atoms with van der Waals surface area (Å²) in [5.41, 5.74) is 1.10. The summed E-state index contributed by atoms with van der Waals surface area (Å²) in [5.74, 6) is 1.31. The third-order valence-electron chi connectivity index (χ3n) is 5.34. The third-order valence-corrected chi connectivity index (χ3v) is 6.80. The van der Waals surface area contributed by atoms with Crippen LogP contribution in [0.4, 0.5) is 0 Å². The van der Waals surface area contributed by atoms with Gasteiger partial charge in [-0.1, -0.05) is 50.6 Å². The minimum atomic E-state index is -3.62. The molecule has 1 aliphatic rings. The fraction of sp³-hybridized carbons (Fsp3) is 0.458. The first kappa shape index (κ1) is 24.1. The van der Waals surface area contributed by atoms with Crippen molar-refractivity contribution < 1.29 is 22.7 Å². The summed E-state index contributed by atoms with van der Waals surface area (Å²) in [6.07, 6.45) is 2.54. The quantitative estimate of drug-likeness (QED) is 0.498. The van der Waals surface area contributed by atoms with Crippen molar-refractivity contribution in [2.24, 2.45) is 5.92 Å². The minimum absolute atomic E-state index is 0.0125. The molecule has 0 radical (unpaired) electrons. The van der Waals surface area contributed by atoms with E-state index < -0.39 is 10.0 Å². The zero-order valence-electron chi connectivity index (χ0n) is 18.7. The van der Waals surface area contributed by atoms with Crippen LogP contribution in [0.25, 0.3) is 0 Å². The summed E-state index contributed by atoms with van der Waals surface area (Å²) < 4.78 is 38.5. The van der Waals surface area contributed by atoms with Crippen molar-refractivity contribution in [2.45, 2.75) is 50.5 Å². The second-order valence-corrected chi connectivity index (χ2v) is 9.98. The molecule has 3 rings (SSSR count). The van der Waals surface area contributed by atoms with E-state index in [4.69, 9.17) is 9.47 Å². The smallest absolute Gasteiger partial charge is 0.240 e. The topological polar surface area (TPSA) is 93.7 Å². The molecule has 0 aliphatic carbocycles. The molecule has 1 unspecified atom stereocenters. The molecule has 0 saturated heterocycles. The number of carbonyl (C=O) groups excluding carboxylic acids is 1. The van der Waals surface area contributed by atoms with Gasteiger partial charge in [-0.2, -0.15) is 0 Å². The number of carbonyl (C=O) groups is 1. The van der Waals surface area contributed by atoms with Gasteiger partial charge in [0.05, 0.1) is 10.9 Å². The van der Waals surface area contributed by atoms with Crippen molar-refractivity contribution in [2.75, 3.05) is 19.8 Å². The highest BCUT2D eigenvalue weighted by Crippen LogP contribution is 2.32. The molecule has 32 heavy (non-hydrogen) atoms. The maximum absolute atomic E-state index is 12.5. The van der Waals surface area contributed by atoms with Gasteiger partial charge in [0.2, 0.25) is 15.9 Å². The molecule has 1 aliphatic heterocycles. The molecule has 2 aromatic carbocycles. The normalized spacial score (nSPS) is 14.2. The van der Waals surface area contributed by atoms with E-state index in [-0.39, 0.29) is 22.8 Å². The van der Waals surface area contributed by atoms with Crippen LogP contribution in [0.3, 0.4) is 0 Å². The first-order chi connectivity index (χ1) is 15.4. The van der Waals surface area contributed by atoms with E-state index >= 15 is 0 Å². The SMILES string of the molecule is CC(C)C(NC(=O)CCCCCNS(=O)(=O)c1ccc2c(c1)OCCO2)c1ccccc1. The third kappa shape index (κ3) is 6.71. The summed E-state index contributed by atoms with van der Waals surface area (Å²) in [6.45, 7) is 5.36. The Morgan fingerprint density at radius 3 is 2.41 bits per heavy atom. The number of amides is 1. The van der Waals surface area contributed by atoms with Crippen LogP contribution in [-0.2, 0) is 14.8 Å². The Balaban J connectivity index is 1.38. The first-order valence-electron chi connectivity index (χ1n) is 11.1. The summed E-state index contributed by atoms with van der Waals surface area (Å²) in [4.78, 5) is 12.5. The highest BCUT2D eigenvalue weighted by atomic mass is 32.2. The van der Waals surface area contributed by atoms with E-state index in [1.54, 1.807) is 6.07 Å². The molecule has 0 spiro atoms. The summed E-state index contributed by atoms with van der Waals surface area (Å²) in [7, 11) is -3.62. The Hall–Kier alpha value is -2.58. The average Bonchev–Trinajstić information content (AvgIpc) is 2.79. The molecule has 1 heterocycles. The number of unbranched alkanes of at least 4 members (excludes halogenated alkanes) is 2. The Morgan fingerprint density at radius 1 is 0.969 bits per heavy atom. The summed E-state index contributed by atoms with van der Waals surface area (Å²) in [5, 5.41) is 3.12. The van der Waals surface area contributed by atoms with Gasteiger partial charge in [-0.05, 0) is 36.5 Å². The standard InChI is InChI=1S/C24H32N2O5S/c1-18(2)24(19-9-5-3-6-10-19)26-23(27)11-7-4-8-14-25-32(28,29)20-12-13-21-22(17-20)31-16-15-30-21/h3,5-6,9-10,12-13,17-18,24-25H,4,7-8,11,14-16H2,1-2H3,(H,26,27). The second-order valence-electron chi connectivity index (χ2n) is 8.21. The number of hydrogen-bond acceptors (Lipinski definition) is 5. The molecule has 0 bridgehead atoms. The van der Waals surface area contributed by atoms with Gasteiger partial charge in [0.1, 0.15) is 13.2 Å². The van der Waals surface area contributed by atoms with Crippen LogP contribution < -0.4 is 19.5 Å². The molecular formula is C24H32N2O5S. The molecule has 1 atom stereocenters. The molecule has 2 N–H and O–H groups in total. The summed E-state index contributed by atoms with van der Waals surface area (Å²) in [6, 6.07) is 14.6. The second kappa shape index (κ2) is 11.3. The highest BCUT2D eigenvalue weighted by Gasteiger charge is 2.19. The number of rotatable bonds is 11. The molecule has 0 aromatic heterocycles. The van der Waals surface area contributed by atoms with Crippen LogP contribution in [0.15, 0.2) is 53.4 Å². The molecule has 1 amide bonds. The van der Waals surface area contributed by atoms with E-state index in [2.05, 4.69) is 23.9 Å². The zero-order chi connectivity index (χ0) is 23.0. The van der Waals surface area contributed by atoms with Gasteiger partial charge < -0.3 is 14.8 Å². The first-order valence-corrected chi connectivity index (χ1v) is 12.6. The fourth-order valence-corrected chi connectivity index (χ4v) is 4.70. The van der Waals surface area contributed by atoms with Crippen LogP contribution >= 0.6 is 0 Å². The summed E-state index contributed by atoms with van der Waals surface area (Å²) >= 11 is 0. The average molecular weight is 461 g/mol. The van der Waals surface area contributed by atoms with Crippen LogP contribution in [0, 0.1) is 5.92 Å². The minimum Gasteiger partial charge on any atom is -0.486 e. The Kier molecular flexibility index (Phi) is 8.53. The van der Waals surface area contributed by atoms with Crippen LogP contribution in [0.5, 0.6) is 11.5 Å². The number of ether oxygens (including phenoxy) is 2. The number of fused-ring (bicyclic) bond motifs is 1. The van der Waals surface area contributed by atoms with Gasteiger partial charge in [0.25, 0.3) is 0 Å². The molecular weight excluding hydrogens is 428 g/mol. The number of nitrogens with one attached hydrogen (secondary N) is 2. The maximum atomic E-state index is 12.5. The molecule has 174 valence electrons. The number of sulfonamides is 1. The lowest BCUT2D eigenvalue weighted by Crippen LogP contribution is -2.31. The molecule has 2 aromatic rings. The maximum Gasteiger partial charge on any atom is 0.240 e. The predicted molar refractivity (Wildman–Crippen MR) is 123 cm³/mol. The monoisotopic (exact) mass is 460 g/mol. The Bertz CT molecular complexity index is 993. The van der Waals surface area contributed by atoms with Crippen LogP contribution in [0.2, 0.25) is 0 Å². The zero-order valence-corrected chi connectivity index (χ0v) is 19.5. The Morgan fingerprint density at radius 2 is 1.69 bits per heavy atom. The van der Waals surface area contributed by atoms with Crippen molar-refractivity contribution in [1.82, 2.24) is 10.0 Å². The molecule has 0 saturated carbocycles. The largest absolute Gasteiger partial charge is 0.486 e. The van der Waals surface area contributed by atoms with Gasteiger partial charge in [-0.25, -0.2) is 13.1 Å². The van der Waals surface area contributed by atoms with Crippen molar-refractivity contribution in [3.05, 3.63) is 54.1 Å². The lowest BCUT2D eigenvalue weighted by Gasteiger charge is -2.23. The van der Waals surface area contributed by atoms with Crippen LogP contribution in [-0.4, -0.2) is 34.1 Å². The Labute approximate surface area is 190 Å². The lowest BCUT2D eigenvalue weighted by molar-refractivity contribution is -0.122. The van der Waals surface area contributed by atoms with Gasteiger partial charge in [-0.3, -0.25) is 4.79 Å². The van der Waals surface area contributed by atoms with Gasteiger partial charge >= 0.3 is 0 Å². The van der Waals surface area contributed by atoms with Crippen molar-refractivity contribution >= 4 is 15.9 Å². The van der Waals surface area contributed by atoms with E-state index in [1.165, 1.54) is 12.1 Å². The fourth-order valence-electron chi connectivity index (χ4n) is 3.61. The molecule has 7 nitrogen and oxygen atoms in total. The number of hydrogen-bond donors (Lipinski definition) is 2. The molecule has 0 fully saturated rings. The van der Waals surface area contributed by atoms with Crippen molar-refractivity contribution in [3.63, 3.8) is 0 Å². The lowest BCUT2D eigenvalue weighted by atomic mass is 9.96. The van der Waals surface area contributed by atoms with E-state index in [0.29, 0.717) is 50.5 Å². The van der Waals surface area contributed by atoms with Crippen molar-refractivity contribution in [3.8, 4) is 11.5 Å². The van der Waals surface area contributed by atoms with E-state index in [0.717, 1.165) is 12.0 Å². The predicted octanol–water partition coefficient (Wildman–Crippen LogP) is 3.81. The number of benzene rings is 2. The highest BCUT2D eigenvalue weighted by molar-refractivity contribution is 7.89. The van der Waals surface area contributed by atoms with Gasteiger partial charge in [0, 0.05) is 19.0 Å². The van der Waals surface area contributed by atoms with Gasteiger partial charge in [0.15, 0.2) is 11.5 Å². The van der Waals surface area contributed by atoms with E-state index in [1.807, 2.05) is 30.3 Å². The van der Waals surface area contributed by atoms with Crippen molar-refractivity contribution in [1.29, 1.82) is 0 Å². The van der Waals surface area contributed by atoms with Gasteiger partial charge in [-0.15, -0.1) is 0 Å². The molecule has 8 heteroatoms.